The van der Waals surface area contributed by atoms with Crippen LogP contribution in [0.4, 0.5) is 0 Å². The molecule has 0 bridgehead atoms. The largest absolute Gasteiger partial charge is 0.485 e. The molecule has 0 unspecified atom stereocenters. The third-order valence-electron chi connectivity index (χ3n) is 6.63. The highest BCUT2D eigenvalue weighted by atomic mass is 32.1. The molecule has 0 N–H and O–H groups in total. The zero-order chi connectivity index (χ0) is 25.7. The van der Waals surface area contributed by atoms with Crippen molar-refractivity contribution in [3.63, 3.8) is 0 Å². The van der Waals surface area contributed by atoms with E-state index in [9.17, 15) is 4.79 Å². The molecular formula is C31H27N3O3S. The first-order chi connectivity index (χ1) is 18.7. The smallest absolute Gasteiger partial charge is 0.282 e. The van der Waals surface area contributed by atoms with Gasteiger partial charge in [-0.05, 0) is 66.1 Å². The second-order valence-corrected chi connectivity index (χ2v) is 10.4. The first-order valence-corrected chi connectivity index (χ1v) is 13.6. The van der Waals surface area contributed by atoms with E-state index in [1.807, 2.05) is 78.9 Å². The summed E-state index contributed by atoms with van der Waals surface area (Å²) >= 11 is 1.64. The van der Waals surface area contributed by atoms with E-state index in [4.69, 9.17) is 9.47 Å². The number of aromatic nitrogens is 2. The SMILES string of the molecule is O=c1c2c3c(sc2ncn1N=Cc1ccc(OCc2ccccc2)c(OCc2ccccc2)c1)CCCC3. The Morgan fingerprint density at radius 3 is 2.29 bits per heavy atom. The van der Waals surface area contributed by atoms with Crippen LogP contribution in [-0.2, 0) is 26.1 Å². The molecule has 2 aromatic heterocycles. The minimum absolute atomic E-state index is 0.117. The zero-order valence-corrected chi connectivity index (χ0v) is 21.7. The molecule has 0 amide bonds. The molecule has 2 heterocycles. The number of benzene rings is 3. The van der Waals surface area contributed by atoms with Crippen LogP contribution in [0.25, 0.3) is 10.2 Å². The summed E-state index contributed by atoms with van der Waals surface area (Å²) in [7, 11) is 0. The van der Waals surface area contributed by atoms with Crippen molar-refractivity contribution < 1.29 is 9.47 Å². The molecule has 7 heteroatoms. The summed E-state index contributed by atoms with van der Waals surface area (Å²) in [5.41, 5.74) is 3.97. The monoisotopic (exact) mass is 521 g/mol. The van der Waals surface area contributed by atoms with Crippen LogP contribution in [-0.4, -0.2) is 15.9 Å². The van der Waals surface area contributed by atoms with Crippen LogP contribution < -0.4 is 15.0 Å². The van der Waals surface area contributed by atoms with Gasteiger partial charge in [0.25, 0.3) is 5.56 Å². The fourth-order valence-corrected chi connectivity index (χ4v) is 5.88. The fraction of sp³-hybridized carbons (Fsp3) is 0.194. The molecule has 0 spiro atoms. The lowest BCUT2D eigenvalue weighted by Crippen LogP contribution is -2.18. The Labute approximate surface area is 224 Å². The van der Waals surface area contributed by atoms with Gasteiger partial charge in [-0.1, -0.05) is 60.7 Å². The maximum atomic E-state index is 13.3. The van der Waals surface area contributed by atoms with E-state index < -0.39 is 0 Å². The molecule has 0 aliphatic heterocycles. The normalized spacial score (nSPS) is 13.1. The Kier molecular flexibility index (Phi) is 7.00. The van der Waals surface area contributed by atoms with Crippen LogP contribution in [0.3, 0.4) is 0 Å². The summed E-state index contributed by atoms with van der Waals surface area (Å²) in [6.45, 7) is 0.842. The van der Waals surface area contributed by atoms with Gasteiger partial charge < -0.3 is 9.47 Å². The molecule has 0 radical (unpaired) electrons. The Morgan fingerprint density at radius 2 is 1.55 bits per heavy atom. The van der Waals surface area contributed by atoms with Crippen LogP contribution in [0.15, 0.2) is 95.1 Å². The van der Waals surface area contributed by atoms with E-state index in [1.165, 1.54) is 22.3 Å². The standard InChI is InChI=1S/C31H27N3O3S/c35-31-29-25-13-7-8-14-28(25)38-30(29)32-21-34(31)33-18-24-15-16-26(36-19-22-9-3-1-4-10-22)27(17-24)37-20-23-11-5-2-6-12-23/h1-6,9-12,15-18,21H,7-8,13-14,19-20H2. The van der Waals surface area contributed by atoms with Crippen LogP contribution >= 0.6 is 11.3 Å². The van der Waals surface area contributed by atoms with Crippen molar-refractivity contribution in [2.45, 2.75) is 38.9 Å². The number of nitrogens with zero attached hydrogens (tertiary/aromatic N) is 3. The highest BCUT2D eigenvalue weighted by Crippen LogP contribution is 2.33. The molecular weight excluding hydrogens is 494 g/mol. The Balaban J connectivity index is 1.27. The predicted octanol–water partition coefficient (Wildman–Crippen LogP) is 6.38. The summed E-state index contributed by atoms with van der Waals surface area (Å²) in [5.74, 6) is 1.26. The van der Waals surface area contributed by atoms with E-state index in [-0.39, 0.29) is 5.56 Å². The second-order valence-electron chi connectivity index (χ2n) is 9.28. The number of hydrogen-bond acceptors (Lipinski definition) is 6. The molecule has 190 valence electrons. The molecule has 6 nitrogen and oxygen atoms in total. The summed E-state index contributed by atoms with van der Waals surface area (Å²) in [6, 6.07) is 25.7. The Hall–Kier alpha value is -4.23. The van der Waals surface area contributed by atoms with Gasteiger partial charge in [-0.25, -0.2) is 4.98 Å². The van der Waals surface area contributed by atoms with Crippen molar-refractivity contribution in [1.82, 2.24) is 9.66 Å². The lowest BCUT2D eigenvalue weighted by atomic mass is 9.97. The number of rotatable bonds is 8. The molecule has 0 saturated heterocycles. The summed E-state index contributed by atoms with van der Waals surface area (Å²) < 4.78 is 13.6. The van der Waals surface area contributed by atoms with Crippen molar-refractivity contribution in [3.05, 3.63) is 123 Å². The summed E-state index contributed by atoms with van der Waals surface area (Å²) in [5, 5.41) is 5.19. The first-order valence-electron chi connectivity index (χ1n) is 12.8. The van der Waals surface area contributed by atoms with Crippen molar-refractivity contribution in [1.29, 1.82) is 0 Å². The average Bonchev–Trinajstić information content (AvgIpc) is 3.36. The van der Waals surface area contributed by atoms with Gasteiger partial charge in [0, 0.05) is 4.88 Å². The van der Waals surface area contributed by atoms with Crippen LogP contribution in [0, 0.1) is 0 Å². The fourth-order valence-electron chi connectivity index (χ4n) is 4.66. The molecule has 38 heavy (non-hydrogen) atoms. The predicted molar refractivity (Wildman–Crippen MR) is 152 cm³/mol. The van der Waals surface area contributed by atoms with Gasteiger partial charge in [0.05, 0.1) is 11.6 Å². The molecule has 1 aliphatic carbocycles. The summed E-state index contributed by atoms with van der Waals surface area (Å²) in [6.07, 6.45) is 7.42. The number of hydrogen-bond donors (Lipinski definition) is 0. The van der Waals surface area contributed by atoms with Gasteiger partial charge in [0.1, 0.15) is 24.4 Å². The topological polar surface area (TPSA) is 65.7 Å². The van der Waals surface area contributed by atoms with Crippen LogP contribution in [0.1, 0.15) is 40.0 Å². The number of ether oxygens (including phenoxy) is 2. The van der Waals surface area contributed by atoms with Crippen molar-refractivity contribution >= 4 is 27.8 Å². The molecule has 5 aromatic rings. The second kappa shape index (κ2) is 11.0. The van der Waals surface area contributed by atoms with Gasteiger partial charge in [0.15, 0.2) is 11.5 Å². The van der Waals surface area contributed by atoms with Crippen molar-refractivity contribution in [2.75, 3.05) is 0 Å². The highest BCUT2D eigenvalue weighted by molar-refractivity contribution is 7.18. The highest BCUT2D eigenvalue weighted by Gasteiger charge is 2.20. The molecule has 3 aromatic carbocycles. The van der Waals surface area contributed by atoms with E-state index in [1.54, 1.807) is 17.6 Å². The van der Waals surface area contributed by atoms with Crippen LogP contribution in [0.5, 0.6) is 11.5 Å². The summed E-state index contributed by atoms with van der Waals surface area (Å²) in [4.78, 5) is 19.9. The third-order valence-corrected chi connectivity index (χ3v) is 7.83. The van der Waals surface area contributed by atoms with Crippen LogP contribution in [0.2, 0.25) is 0 Å². The molecule has 0 atom stereocenters. The van der Waals surface area contributed by atoms with Crippen molar-refractivity contribution in [3.8, 4) is 11.5 Å². The minimum atomic E-state index is -0.117. The molecule has 6 rings (SSSR count). The minimum Gasteiger partial charge on any atom is -0.485 e. The van der Waals surface area contributed by atoms with E-state index in [0.29, 0.717) is 24.7 Å². The maximum Gasteiger partial charge on any atom is 0.282 e. The quantitative estimate of drug-likeness (QED) is 0.222. The van der Waals surface area contributed by atoms with E-state index in [2.05, 4.69) is 10.1 Å². The lowest BCUT2D eigenvalue weighted by Gasteiger charge is -2.14. The Bertz CT molecular complexity index is 1640. The van der Waals surface area contributed by atoms with Gasteiger partial charge in [-0.2, -0.15) is 9.78 Å². The van der Waals surface area contributed by atoms with Gasteiger partial charge in [0.2, 0.25) is 0 Å². The number of thiophene rings is 1. The lowest BCUT2D eigenvalue weighted by molar-refractivity contribution is 0.256. The molecule has 0 saturated carbocycles. The van der Waals surface area contributed by atoms with E-state index in [0.717, 1.165) is 51.7 Å². The molecule has 0 fully saturated rings. The molecule has 1 aliphatic rings. The van der Waals surface area contributed by atoms with Gasteiger partial charge in [-0.15, -0.1) is 11.3 Å². The number of fused-ring (bicyclic) bond motifs is 3. The first kappa shape index (κ1) is 24.1. The van der Waals surface area contributed by atoms with Gasteiger partial charge in [-0.3, -0.25) is 4.79 Å². The Morgan fingerprint density at radius 1 is 0.868 bits per heavy atom. The zero-order valence-electron chi connectivity index (χ0n) is 20.9. The average molecular weight is 522 g/mol. The third kappa shape index (κ3) is 5.24. The van der Waals surface area contributed by atoms with Gasteiger partial charge >= 0.3 is 0 Å². The van der Waals surface area contributed by atoms with Crippen molar-refractivity contribution in [2.24, 2.45) is 5.10 Å². The number of aryl methyl sites for hydroxylation is 2. The van der Waals surface area contributed by atoms with E-state index >= 15 is 0 Å². The maximum absolute atomic E-state index is 13.3.